The highest BCUT2D eigenvalue weighted by atomic mass is 19.1. The molecule has 3 heteroatoms. The summed E-state index contributed by atoms with van der Waals surface area (Å²) in [5, 5.41) is 3.49. The molecule has 1 N–H and O–H groups in total. The Bertz CT molecular complexity index is 561. The average Bonchev–Trinajstić information content (AvgIpc) is 2.40. The van der Waals surface area contributed by atoms with Gasteiger partial charge in [0.25, 0.3) is 0 Å². The van der Waals surface area contributed by atoms with Crippen LogP contribution in [0.3, 0.4) is 0 Å². The highest BCUT2D eigenvalue weighted by Crippen LogP contribution is 2.25. The Morgan fingerprint density at radius 3 is 2.70 bits per heavy atom. The Labute approximate surface area is 120 Å². The molecule has 1 atom stereocenters. The van der Waals surface area contributed by atoms with E-state index >= 15 is 0 Å². The number of hydrogen-bond acceptors (Lipinski definition) is 2. The second-order valence-corrected chi connectivity index (χ2v) is 5.13. The summed E-state index contributed by atoms with van der Waals surface area (Å²) in [5.41, 5.74) is 3.96. The van der Waals surface area contributed by atoms with Gasteiger partial charge < -0.3 is 5.32 Å². The van der Waals surface area contributed by atoms with Crippen molar-refractivity contribution in [3.05, 3.63) is 64.7 Å². The van der Waals surface area contributed by atoms with E-state index in [4.69, 9.17) is 0 Å². The SMILES string of the molecule is CCCNC(c1cc(C)cc(F)c1)c1cccnc1C. The minimum absolute atomic E-state index is 0.0157. The lowest BCUT2D eigenvalue weighted by atomic mass is 9.96. The molecule has 1 aromatic carbocycles. The molecule has 2 aromatic rings. The molecule has 2 nitrogen and oxygen atoms in total. The third-order valence-electron chi connectivity index (χ3n) is 3.36. The minimum Gasteiger partial charge on any atom is -0.306 e. The third-order valence-corrected chi connectivity index (χ3v) is 3.36. The predicted molar refractivity (Wildman–Crippen MR) is 80.2 cm³/mol. The topological polar surface area (TPSA) is 24.9 Å². The van der Waals surface area contributed by atoms with Gasteiger partial charge in [0.05, 0.1) is 6.04 Å². The zero-order valence-electron chi connectivity index (χ0n) is 12.3. The van der Waals surface area contributed by atoms with E-state index in [0.29, 0.717) is 0 Å². The number of nitrogens with zero attached hydrogens (tertiary/aromatic N) is 1. The van der Waals surface area contributed by atoms with E-state index in [9.17, 15) is 4.39 Å². The van der Waals surface area contributed by atoms with Gasteiger partial charge in [0.2, 0.25) is 0 Å². The van der Waals surface area contributed by atoms with Crippen molar-refractivity contribution >= 4 is 0 Å². The molecular formula is C17H21FN2. The van der Waals surface area contributed by atoms with Gasteiger partial charge in [-0.3, -0.25) is 4.98 Å². The summed E-state index contributed by atoms with van der Waals surface area (Å²) in [4.78, 5) is 4.34. The largest absolute Gasteiger partial charge is 0.306 e. The number of nitrogens with one attached hydrogen (secondary N) is 1. The third kappa shape index (κ3) is 3.42. The van der Waals surface area contributed by atoms with Crippen LogP contribution < -0.4 is 5.32 Å². The van der Waals surface area contributed by atoms with Crippen molar-refractivity contribution in [2.75, 3.05) is 6.54 Å². The van der Waals surface area contributed by atoms with Crippen LogP contribution in [0.1, 0.15) is 41.8 Å². The van der Waals surface area contributed by atoms with Crippen LogP contribution in [0.15, 0.2) is 36.5 Å². The number of halogens is 1. The number of benzene rings is 1. The van der Waals surface area contributed by atoms with E-state index in [2.05, 4.69) is 23.3 Å². The summed E-state index contributed by atoms with van der Waals surface area (Å²) in [6.45, 7) is 6.91. The van der Waals surface area contributed by atoms with Crippen LogP contribution in [0.25, 0.3) is 0 Å². The molecule has 0 radical (unpaired) electrons. The predicted octanol–water partition coefficient (Wildman–Crippen LogP) is 3.93. The molecule has 1 aromatic heterocycles. The quantitative estimate of drug-likeness (QED) is 0.892. The van der Waals surface area contributed by atoms with Crippen LogP contribution in [-0.2, 0) is 0 Å². The molecular weight excluding hydrogens is 251 g/mol. The van der Waals surface area contributed by atoms with E-state index in [-0.39, 0.29) is 11.9 Å². The van der Waals surface area contributed by atoms with E-state index < -0.39 is 0 Å². The van der Waals surface area contributed by atoms with Gasteiger partial charge in [0.15, 0.2) is 0 Å². The first kappa shape index (κ1) is 14.7. The number of pyridine rings is 1. The van der Waals surface area contributed by atoms with E-state index in [1.807, 2.05) is 26.0 Å². The van der Waals surface area contributed by atoms with Crippen molar-refractivity contribution in [1.29, 1.82) is 0 Å². The Morgan fingerprint density at radius 1 is 1.25 bits per heavy atom. The molecule has 0 fully saturated rings. The van der Waals surface area contributed by atoms with Crippen LogP contribution in [0, 0.1) is 19.7 Å². The van der Waals surface area contributed by atoms with Gasteiger partial charge in [-0.2, -0.15) is 0 Å². The van der Waals surface area contributed by atoms with E-state index in [1.165, 1.54) is 0 Å². The number of rotatable bonds is 5. The standard InChI is InChI=1S/C17H21FN2/c1-4-7-20-17(16-6-5-8-19-13(16)3)14-9-12(2)10-15(18)11-14/h5-6,8-11,17,20H,4,7H2,1-3H3. The van der Waals surface area contributed by atoms with Crippen LogP contribution in [0.4, 0.5) is 4.39 Å². The smallest absolute Gasteiger partial charge is 0.123 e. The summed E-state index contributed by atoms with van der Waals surface area (Å²) in [6, 6.07) is 9.15. The lowest BCUT2D eigenvalue weighted by Gasteiger charge is -2.21. The fourth-order valence-corrected chi connectivity index (χ4v) is 2.43. The number of hydrogen-bond donors (Lipinski definition) is 1. The van der Waals surface area contributed by atoms with Gasteiger partial charge >= 0.3 is 0 Å². The van der Waals surface area contributed by atoms with E-state index in [1.54, 1.807) is 18.3 Å². The minimum atomic E-state index is -0.190. The lowest BCUT2D eigenvalue weighted by molar-refractivity contribution is 0.581. The van der Waals surface area contributed by atoms with Crippen molar-refractivity contribution in [1.82, 2.24) is 10.3 Å². The molecule has 0 saturated carbocycles. The van der Waals surface area contributed by atoms with Gasteiger partial charge in [0, 0.05) is 11.9 Å². The normalized spacial score (nSPS) is 12.4. The average molecular weight is 272 g/mol. The summed E-state index contributed by atoms with van der Waals surface area (Å²) in [5.74, 6) is -0.190. The van der Waals surface area contributed by atoms with Gasteiger partial charge in [-0.15, -0.1) is 0 Å². The fourth-order valence-electron chi connectivity index (χ4n) is 2.43. The summed E-state index contributed by atoms with van der Waals surface area (Å²) in [7, 11) is 0. The Balaban J connectivity index is 2.44. The van der Waals surface area contributed by atoms with Crippen LogP contribution in [-0.4, -0.2) is 11.5 Å². The molecule has 0 saturated heterocycles. The summed E-state index contributed by atoms with van der Waals surface area (Å²) < 4.78 is 13.7. The van der Waals surface area contributed by atoms with Crippen molar-refractivity contribution in [2.45, 2.75) is 33.2 Å². The number of aryl methyl sites for hydroxylation is 2. The van der Waals surface area contributed by atoms with Crippen LogP contribution >= 0.6 is 0 Å². The van der Waals surface area contributed by atoms with Gasteiger partial charge in [0.1, 0.15) is 5.82 Å². The Morgan fingerprint density at radius 2 is 2.05 bits per heavy atom. The first-order chi connectivity index (χ1) is 9.61. The van der Waals surface area contributed by atoms with Gasteiger partial charge in [-0.05, 0) is 61.7 Å². The highest BCUT2D eigenvalue weighted by molar-refractivity contribution is 5.36. The molecule has 2 rings (SSSR count). The highest BCUT2D eigenvalue weighted by Gasteiger charge is 2.16. The van der Waals surface area contributed by atoms with Crippen molar-refractivity contribution < 1.29 is 4.39 Å². The molecule has 0 aliphatic rings. The zero-order chi connectivity index (χ0) is 14.5. The second kappa shape index (κ2) is 6.62. The molecule has 0 amide bonds. The van der Waals surface area contributed by atoms with E-state index in [0.717, 1.165) is 35.3 Å². The molecule has 0 bridgehead atoms. The maximum atomic E-state index is 13.7. The Hall–Kier alpha value is -1.74. The monoisotopic (exact) mass is 272 g/mol. The molecule has 20 heavy (non-hydrogen) atoms. The molecule has 0 spiro atoms. The van der Waals surface area contributed by atoms with Crippen molar-refractivity contribution in [3.63, 3.8) is 0 Å². The molecule has 1 heterocycles. The van der Waals surface area contributed by atoms with Crippen LogP contribution in [0.5, 0.6) is 0 Å². The Kier molecular flexibility index (Phi) is 4.85. The maximum Gasteiger partial charge on any atom is 0.123 e. The van der Waals surface area contributed by atoms with Crippen LogP contribution in [0.2, 0.25) is 0 Å². The fraction of sp³-hybridized carbons (Fsp3) is 0.353. The summed E-state index contributed by atoms with van der Waals surface area (Å²) in [6.07, 6.45) is 2.82. The second-order valence-electron chi connectivity index (χ2n) is 5.13. The molecule has 106 valence electrons. The molecule has 0 aliphatic heterocycles. The van der Waals surface area contributed by atoms with Crippen molar-refractivity contribution in [2.24, 2.45) is 0 Å². The molecule has 0 aliphatic carbocycles. The zero-order valence-corrected chi connectivity index (χ0v) is 12.3. The number of aromatic nitrogens is 1. The van der Waals surface area contributed by atoms with Crippen molar-refractivity contribution in [3.8, 4) is 0 Å². The van der Waals surface area contributed by atoms with Gasteiger partial charge in [-0.25, -0.2) is 4.39 Å². The maximum absolute atomic E-state index is 13.7. The van der Waals surface area contributed by atoms with Gasteiger partial charge in [-0.1, -0.05) is 19.1 Å². The molecule has 1 unspecified atom stereocenters. The summed E-state index contributed by atoms with van der Waals surface area (Å²) >= 11 is 0. The first-order valence-electron chi connectivity index (χ1n) is 7.03. The first-order valence-corrected chi connectivity index (χ1v) is 7.03. The lowest BCUT2D eigenvalue weighted by Crippen LogP contribution is -2.24.